The number of imidazole rings is 5. The Labute approximate surface area is 614 Å². The highest BCUT2D eigenvalue weighted by Crippen LogP contribution is 2.33. The highest BCUT2D eigenvalue weighted by atomic mass is 32.1. The Bertz CT molecular complexity index is 5300. The maximum atomic E-state index is 5.24. The van der Waals surface area contributed by atoms with Crippen molar-refractivity contribution >= 4 is 129 Å². The van der Waals surface area contributed by atoms with Crippen LogP contribution in [0, 0.1) is 0 Å². The van der Waals surface area contributed by atoms with Gasteiger partial charge in [-0.05, 0) is 52.0 Å². The Morgan fingerprint density at radius 3 is 1.22 bits per heavy atom. The number of thiophene rings is 1. The number of pyridine rings is 2. The monoisotopic (exact) mass is 1490 g/mol. The fourth-order valence-corrected chi connectivity index (χ4v) is 14.8. The number of aromatic nitrogens is 17. The molecule has 0 bridgehead atoms. The minimum Gasteiger partial charge on any atom is -0.495 e. The highest BCUT2D eigenvalue weighted by Gasteiger charge is 2.17. The first-order valence-electron chi connectivity index (χ1n) is 32.2. The van der Waals surface area contributed by atoms with Gasteiger partial charge in [0.1, 0.15) is 5.75 Å². The Hall–Kier alpha value is -10.7. The molecule has 4 aromatic carbocycles. The number of nitrogens with one attached hydrogen (secondary N) is 5. The molecule has 0 saturated carbocycles. The molecule has 526 valence electrons. The van der Waals surface area contributed by atoms with Crippen LogP contribution in [0.15, 0.2) is 194 Å². The van der Waals surface area contributed by atoms with Gasteiger partial charge in [0.2, 0.25) is 50.5 Å². The minimum absolute atomic E-state index is 0.650. The number of hydrogen-bond donors (Lipinski definition) is 5. The zero-order valence-electron chi connectivity index (χ0n) is 56.4. The van der Waals surface area contributed by atoms with Gasteiger partial charge in [-0.25, -0.2) is 47.5 Å². The summed E-state index contributed by atoms with van der Waals surface area (Å²) in [5, 5.41) is 49.8. The summed E-state index contributed by atoms with van der Waals surface area (Å²) >= 11 is 9.33. The van der Waals surface area contributed by atoms with E-state index in [9.17, 15) is 0 Å². The van der Waals surface area contributed by atoms with Crippen molar-refractivity contribution in [3.8, 4) is 62.0 Å². The molecule has 17 aromatic rings. The number of ether oxygens (including phenoxy) is 5. The lowest BCUT2D eigenvalue weighted by molar-refractivity contribution is 0.210. The lowest BCUT2D eigenvalue weighted by Gasteiger charge is -2.03. The molecule has 0 radical (unpaired) electrons. The lowest BCUT2D eigenvalue weighted by atomic mass is 10.1. The van der Waals surface area contributed by atoms with E-state index in [0.29, 0.717) is 32.2 Å². The van der Waals surface area contributed by atoms with Gasteiger partial charge in [-0.15, -0.1) is 25.5 Å². The molecule has 0 atom stereocenters. The van der Waals surface area contributed by atoms with Crippen molar-refractivity contribution in [3.05, 3.63) is 199 Å². The quantitative estimate of drug-likeness (QED) is 0.0332. The molecule has 5 N–H and O–H groups in total. The van der Waals surface area contributed by atoms with Crippen LogP contribution in [-0.4, -0.2) is 171 Å². The largest absolute Gasteiger partial charge is 0.495 e. The molecule has 0 aliphatic rings. The third-order valence-corrected chi connectivity index (χ3v) is 20.3. The molecule has 0 fully saturated rings. The molecule has 33 heteroatoms. The van der Waals surface area contributed by atoms with Crippen LogP contribution >= 0.6 is 68.0 Å². The van der Waals surface area contributed by atoms with E-state index < -0.39 is 0 Å². The summed E-state index contributed by atoms with van der Waals surface area (Å²) in [4.78, 5) is 34.7. The normalized spacial score (nSPS) is 11.1. The topological polar surface area (TPSA) is 283 Å². The van der Waals surface area contributed by atoms with Gasteiger partial charge in [-0.3, -0.25) is 9.97 Å². The molecular weight excluding hydrogens is 1420 g/mol. The summed E-state index contributed by atoms with van der Waals surface area (Å²) in [6.07, 6.45) is 16.2. The van der Waals surface area contributed by atoms with E-state index in [4.69, 9.17) is 23.7 Å². The van der Waals surface area contributed by atoms with Crippen molar-refractivity contribution in [2.24, 2.45) is 0 Å². The van der Waals surface area contributed by atoms with E-state index >= 15 is 0 Å². The van der Waals surface area contributed by atoms with Crippen LogP contribution in [0.1, 0.15) is 5.56 Å². The van der Waals surface area contributed by atoms with E-state index in [1.54, 1.807) is 101 Å². The van der Waals surface area contributed by atoms with E-state index in [1.807, 2.05) is 102 Å². The van der Waals surface area contributed by atoms with Crippen molar-refractivity contribution in [2.45, 2.75) is 6.54 Å². The maximum Gasteiger partial charge on any atom is 0.214 e. The second-order valence-electron chi connectivity index (χ2n) is 22.0. The van der Waals surface area contributed by atoms with E-state index in [0.717, 1.165) is 139 Å². The van der Waals surface area contributed by atoms with Crippen LogP contribution in [0.25, 0.3) is 91.9 Å². The molecule has 17 rings (SSSR count). The number of anilines is 5. The van der Waals surface area contributed by atoms with Crippen molar-refractivity contribution in [2.75, 3.05) is 115 Å². The molecule has 0 aliphatic carbocycles. The number of rotatable bonds is 25. The van der Waals surface area contributed by atoms with Crippen molar-refractivity contribution in [3.63, 3.8) is 0 Å². The lowest BCUT2D eigenvalue weighted by Crippen LogP contribution is -2.07. The van der Waals surface area contributed by atoms with E-state index in [1.165, 1.54) is 50.3 Å². The van der Waals surface area contributed by atoms with Crippen LogP contribution in [0.3, 0.4) is 0 Å². The SMILES string of the molecule is COCCNc1nn2c(-c3ccc4ccccc4c3)cnc2s1.COCCNc1nn2c(-c3ccccc3)cnc2s1.COCCNc1nn2c(-c3cccnc3)cnc2s1.COCCNc1nn2c(-c3ccsc3)cnc2s1.COc1cncc(-c2cnc3sc(NCc4ccccc4)nn23)c1. The van der Waals surface area contributed by atoms with Crippen LogP contribution < -0.4 is 31.3 Å². The number of methoxy groups -OCH3 is 5. The van der Waals surface area contributed by atoms with E-state index in [-0.39, 0.29) is 0 Å². The van der Waals surface area contributed by atoms with Gasteiger partial charge in [-0.2, -0.15) is 11.3 Å². The van der Waals surface area contributed by atoms with Crippen LogP contribution in [0.2, 0.25) is 0 Å². The summed E-state index contributed by atoms with van der Waals surface area (Å²) in [5.74, 6) is 0.708. The van der Waals surface area contributed by atoms with Crippen LogP contribution in [0.5, 0.6) is 5.75 Å². The fourth-order valence-electron chi connectivity index (χ4n) is 10.2. The fraction of sp³-hybridized carbons (Fsp3) is 0.200. The molecule has 0 spiro atoms. The maximum absolute atomic E-state index is 5.24. The average Bonchev–Trinajstić information content (AvgIpc) is 1.69. The van der Waals surface area contributed by atoms with Gasteiger partial charge >= 0.3 is 0 Å². The summed E-state index contributed by atoms with van der Waals surface area (Å²) in [6.45, 7) is 6.32. The second kappa shape index (κ2) is 35.2. The Morgan fingerprint density at radius 2 is 0.767 bits per heavy atom. The summed E-state index contributed by atoms with van der Waals surface area (Å²) in [5.41, 5.74) is 11.4. The van der Waals surface area contributed by atoms with Gasteiger partial charge in [0, 0.05) is 113 Å². The third kappa shape index (κ3) is 17.8. The first-order chi connectivity index (χ1) is 50.8. The average molecular weight is 1490 g/mol. The number of benzene rings is 4. The Morgan fingerprint density at radius 1 is 0.350 bits per heavy atom. The van der Waals surface area contributed by atoms with Gasteiger partial charge in [-0.1, -0.05) is 154 Å². The molecule has 0 saturated heterocycles. The molecular formula is C70H70N22O5S6. The predicted molar refractivity (Wildman–Crippen MR) is 414 cm³/mol. The summed E-state index contributed by atoms with van der Waals surface area (Å²) < 4.78 is 34.6. The molecule has 0 aliphatic heterocycles. The predicted octanol–water partition coefficient (Wildman–Crippen LogP) is 14.1. The van der Waals surface area contributed by atoms with Crippen molar-refractivity contribution < 1.29 is 23.7 Å². The first-order valence-corrected chi connectivity index (χ1v) is 37.2. The first kappa shape index (κ1) is 70.7. The molecule has 0 amide bonds. The molecule has 0 unspecified atom stereocenters. The van der Waals surface area contributed by atoms with Crippen molar-refractivity contribution in [1.29, 1.82) is 0 Å². The summed E-state index contributed by atoms with van der Waals surface area (Å²) in [7, 11) is 8.36. The molecule has 27 nitrogen and oxygen atoms in total. The van der Waals surface area contributed by atoms with E-state index in [2.05, 4.69) is 171 Å². The Balaban J connectivity index is 0.000000115. The zero-order valence-corrected chi connectivity index (χ0v) is 61.3. The van der Waals surface area contributed by atoms with Crippen LogP contribution in [0.4, 0.5) is 25.7 Å². The number of nitrogens with zero attached hydrogens (tertiary/aromatic N) is 17. The standard InChI is InChI=1S/C17H15N5OS.C17H16N4OS.C13H14N4OS.C12H13N5OS.C11H12N4OS2/c1-23-14-7-13(9-18-10-14)15-11-20-17-22(15)21-16(24-17)19-8-12-5-3-2-4-6-12;1-22-9-8-18-16-20-21-15(11-19-17(21)23-16)14-7-6-12-4-2-3-5-13(12)10-14;1-18-8-7-14-12-16-17-11(9-15-13(17)19-12)10-5-3-2-4-6-10;1-18-6-5-14-11-16-17-10(8-15-12(17)19-11)9-3-2-4-13-7-9;1-16-4-3-12-10-14-15-9(6-13-11(15)18-10)8-2-5-17-7-8/h2-7,9-11H,8H2,1H3,(H,19,21);2-7,10-11H,8-9H2,1H3,(H,18,20);2-6,9H,7-8H2,1H3,(H,14,16);2-4,7-8H,5-6H2,1H3,(H,14,16);2,5-7H,3-4H2,1H3,(H,12,14). The molecule has 13 aromatic heterocycles. The smallest absolute Gasteiger partial charge is 0.214 e. The van der Waals surface area contributed by atoms with Crippen LogP contribution in [-0.2, 0) is 25.5 Å². The second-order valence-corrected chi connectivity index (χ2v) is 27.6. The number of fused-ring (bicyclic) bond motifs is 6. The van der Waals surface area contributed by atoms with Gasteiger partial charge in [0.25, 0.3) is 0 Å². The highest BCUT2D eigenvalue weighted by molar-refractivity contribution is 7.21. The molecule has 103 heavy (non-hydrogen) atoms. The Kier molecular flexibility index (Phi) is 24.2. The molecule has 13 heterocycles. The third-order valence-electron chi connectivity index (χ3n) is 15.2. The van der Waals surface area contributed by atoms with Gasteiger partial charge in [0.15, 0.2) is 0 Å². The van der Waals surface area contributed by atoms with Gasteiger partial charge < -0.3 is 50.3 Å². The van der Waals surface area contributed by atoms with Crippen molar-refractivity contribution in [1.82, 2.24) is 83.0 Å². The minimum atomic E-state index is 0.650. The van der Waals surface area contributed by atoms with Gasteiger partial charge in [0.05, 0.1) is 99.2 Å². The summed E-state index contributed by atoms with van der Waals surface area (Å²) in [6, 6.07) is 43.0. The number of hydrogen-bond acceptors (Lipinski definition) is 28. The zero-order chi connectivity index (χ0) is 70.5.